The standard InChI is InChI=1S/C28H23ClO/c1-28(2)23-15-7-5-13-22(23)27(30)26-21(14-9-16-24(26)28)19-11-4-3-10-18(19)20-12-6-8-17-25(20)29/h3-17,27,30H,1-2H3. The molecule has 0 amide bonds. The summed E-state index contributed by atoms with van der Waals surface area (Å²) in [5.74, 6) is 0. The third kappa shape index (κ3) is 2.81. The molecule has 30 heavy (non-hydrogen) atoms. The number of hydrogen-bond donors (Lipinski definition) is 1. The summed E-state index contributed by atoms with van der Waals surface area (Å²) in [7, 11) is 0. The second-order valence-electron chi connectivity index (χ2n) is 8.41. The minimum atomic E-state index is -0.667. The predicted octanol–water partition coefficient (Wildman–Crippen LogP) is 7.40. The molecule has 1 aliphatic carbocycles. The van der Waals surface area contributed by atoms with Crippen molar-refractivity contribution in [2.75, 3.05) is 0 Å². The number of aliphatic hydroxyl groups is 1. The van der Waals surface area contributed by atoms with Crippen LogP contribution in [0.1, 0.15) is 42.2 Å². The average molecular weight is 411 g/mol. The summed E-state index contributed by atoms with van der Waals surface area (Å²) < 4.78 is 0. The van der Waals surface area contributed by atoms with Crippen LogP contribution in [0.5, 0.6) is 0 Å². The van der Waals surface area contributed by atoms with E-state index in [-0.39, 0.29) is 5.41 Å². The molecular weight excluding hydrogens is 388 g/mol. The van der Waals surface area contributed by atoms with E-state index in [4.69, 9.17) is 11.6 Å². The average Bonchev–Trinajstić information content (AvgIpc) is 2.78. The highest BCUT2D eigenvalue weighted by Gasteiger charge is 2.38. The van der Waals surface area contributed by atoms with Gasteiger partial charge >= 0.3 is 0 Å². The smallest absolute Gasteiger partial charge is 0.105 e. The molecule has 148 valence electrons. The topological polar surface area (TPSA) is 20.2 Å². The summed E-state index contributed by atoms with van der Waals surface area (Å²) in [6, 6.07) is 30.8. The summed E-state index contributed by atoms with van der Waals surface area (Å²) in [5.41, 5.74) is 8.33. The van der Waals surface area contributed by atoms with Gasteiger partial charge in [0.2, 0.25) is 0 Å². The number of rotatable bonds is 2. The lowest BCUT2D eigenvalue weighted by Gasteiger charge is -2.39. The molecule has 0 saturated carbocycles. The fraction of sp³-hybridized carbons (Fsp3) is 0.143. The largest absolute Gasteiger partial charge is 0.384 e. The van der Waals surface area contributed by atoms with E-state index in [1.54, 1.807) is 0 Å². The zero-order chi connectivity index (χ0) is 20.9. The number of halogens is 1. The van der Waals surface area contributed by atoms with Crippen LogP contribution < -0.4 is 0 Å². The quantitative estimate of drug-likeness (QED) is 0.365. The molecule has 0 fully saturated rings. The third-order valence-electron chi connectivity index (χ3n) is 6.36. The Kier molecular flexibility index (Phi) is 4.54. The number of benzene rings is 4. The van der Waals surface area contributed by atoms with Crippen LogP contribution in [-0.4, -0.2) is 5.11 Å². The summed E-state index contributed by atoms with van der Waals surface area (Å²) in [4.78, 5) is 0. The van der Waals surface area contributed by atoms with Crippen LogP contribution in [0.15, 0.2) is 91.0 Å². The lowest BCUT2D eigenvalue weighted by Crippen LogP contribution is -2.29. The van der Waals surface area contributed by atoms with E-state index in [1.807, 2.05) is 48.5 Å². The normalized spacial score (nSPS) is 16.6. The first-order valence-electron chi connectivity index (χ1n) is 10.3. The maximum absolute atomic E-state index is 11.5. The fourth-order valence-electron chi connectivity index (χ4n) is 4.88. The van der Waals surface area contributed by atoms with Crippen molar-refractivity contribution >= 4 is 11.6 Å². The molecule has 1 atom stereocenters. The van der Waals surface area contributed by atoms with E-state index in [0.717, 1.165) is 38.4 Å². The predicted molar refractivity (Wildman–Crippen MR) is 125 cm³/mol. The van der Waals surface area contributed by atoms with E-state index in [0.29, 0.717) is 0 Å². The van der Waals surface area contributed by atoms with Crippen LogP contribution in [0.25, 0.3) is 22.3 Å². The second-order valence-corrected chi connectivity index (χ2v) is 8.81. The Hall–Kier alpha value is -2.87. The molecular formula is C28H23ClO. The molecule has 4 aromatic rings. The van der Waals surface area contributed by atoms with Gasteiger partial charge in [-0.15, -0.1) is 0 Å². The molecule has 1 unspecified atom stereocenters. The first-order chi connectivity index (χ1) is 14.5. The molecule has 1 nitrogen and oxygen atoms in total. The monoisotopic (exact) mass is 410 g/mol. The summed E-state index contributed by atoms with van der Waals surface area (Å²) in [6.45, 7) is 4.47. The molecule has 0 spiro atoms. The van der Waals surface area contributed by atoms with Gasteiger partial charge in [0.05, 0.1) is 0 Å². The molecule has 5 rings (SSSR count). The van der Waals surface area contributed by atoms with Crippen LogP contribution in [0.3, 0.4) is 0 Å². The van der Waals surface area contributed by atoms with Gasteiger partial charge in [0.25, 0.3) is 0 Å². The minimum Gasteiger partial charge on any atom is -0.384 e. The minimum absolute atomic E-state index is 0.194. The molecule has 0 aromatic heterocycles. The maximum Gasteiger partial charge on any atom is 0.105 e. The zero-order valence-corrected chi connectivity index (χ0v) is 17.8. The molecule has 0 saturated heterocycles. The summed E-state index contributed by atoms with van der Waals surface area (Å²) in [6.07, 6.45) is -0.667. The Bertz CT molecular complexity index is 1250. The summed E-state index contributed by atoms with van der Waals surface area (Å²) >= 11 is 6.55. The highest BCUT2D eigenvalue weighted by Crippen LogP contribution is 2.50. The molecule has 0 heterocycles. The molecule has 2 heteroatoms. The van der Waals surface area contributed by atoms with Crippen LogP contribution in [-0.2, 0) is 5.41 Å². The van der Waals surface area contributed by atoms with Crippen molar-refractivity contribution in [1.29, 1.82) is 0 Å². The lowest BCUT2D eigenvalue weighted by atomic mass is 9.66. The highest BCUT2D eigenvalue weighted by molar-refractivity contribution is 6.33. The van der Waals surface area contributed by atoms with Gasteiger partial charge in [-0.2, -0.15) is 0 Å². The van der Waals surface area contributed by atoms with Crippen molar-refractivity contribution in [2.45, 2.75) is 25.4 Å². The van der Waals surface area contributed by atoms with Crippen molar-refractivity contribution in [2.24, 2.45) is 0 Å². The molecule has 0 aliphatic heterocycles. The van der Waals surface area contributed by atoms with Gasteiger partial charge in [-0.05, 0) is 45.0 Å². The molecule has 1 N–H and O–H groups in total. The van der Waals surface area contributed by atoms with Crippen LogP contribution in [0, 0.1) is 0 Å². The maximum atomic E-state index is 11.5. The second kappa shape index (κ2) is 7.12. The molecule has 0 bridgehead atoms. The van der Waals surface area contributed by atoms with Crippen LogP contribution >= 0.6 is 11.6 Å². The van der Waals surface area contributed by atoms with Crippen molar-refractivity contribution < 1.29 is 5.11 Å². The van der Waals surface area contributed by atoms with Crippen molar-refractivity contribution in [3.8, 4) is 22.3 Å². The Morgan fingerprint density at radius 2 is 1.17 bits per heavy atom. The number of hydrogen-bond acceptors (Lipinski definition) is 1. The van der Waals surface area contributed by atoms with Crippen molar-refractivity contribution in [3.63, 3.8) is 0 Å². The lowest BCUT2D eigenvalue weighted by molar-refractivity contribution is 0.210. The van der Waals surface area contributed by atoms with Gasteiger partial charge in [-0.3, -0.25) is 0 Å². The van der Waals surface area contributed by atoms with E-state index >= 15 is 0 Å². The molecule has 1 aliphatic rings. The van der Waals surface area contributed by atoms with Crippen LogP contribution in [0.2, 0.25) is 5.02 Å². The number of fused-ring (bicyclic) bond motifs is 2. The Labute approximate surface area is 182 Å². The van der Waals surface area contributed by atoms with E-state index in [9.17, 15) is 5.11 Å². The third-order valence-corrected chi connectivity index (χ3v) is 6.69. The van der Waals surface area contributed by atoms with Crippen LogP contribution in [0.4, 0.5) is 0 Å². The van der Waals surface area contributed by atoms with Gasteiger partial charge in [0.1, 0.15) is 6.10 Å². The summed E-state index contributed by atoms with van der Waals surface area (Å²) in [5, 5.41) is 12.2. The van der Waals surface area contributed by atoms with Crippen molar-refractivity contribution in [3.05, 3.63) is 118 Å². The van der Waals surface area contributed by atoms with E-state index in [1.165, 1.54) is 11.1 Å². The SMILES string of the molecule is CC1(C)c2ccccc2C(O)c2c(-c3ccccc3-c3ccccc3Cl)cccc21. The number of aliphatic hydroxyl groups excluding tert-OH is 1. The van der Waals surface area contributed by atoms with E-state index in [2.05, 4.69) is 56.3 Å². The fourth-order valence-corrected chi connectivity index (χ4v) is 5.11. The van der Waals surface area contributed by atoms with Gasteiger partial charge in [-0.25, -0.2) is 0 Å². The molecule has 4 aromatic carbocycles. The van der Waals surface area contributed by atoms with Gasteiger partial charge in [0.15, 0.2) is 0 Å². The van der Waals surface area contributed by atoms with Gasteiger partial charge < -0.3 is 5.11 Å². The van der Waals surface area contributed by atoms with Crippen molar-refractivity contribution in [1.82, 2.24) is 0 Å². The highest BCUT2D eigenvalue weighted by atomic mass is 35.5. The Balaban J connectivity index is 1.80. The first kappa shape index (κ1) is 19.1. The van der Waals surface area contributed by atoms with Gasteiger partial charge in [0, 0.05) is 16.0 Å². The zero-order valence-electron chi connectivity index (χ0n) is 17.1. The Morgan fingerprint density at radius 3 is 1.90 bits per heavy atom. The van der Waals surface area contributed by atoms with Gasteiger partial charge in [-0.1, -0.05) is 110 Å². The molecule has 0 radical (unpaired) electrons. The van der Waals surface area contributed by atoms with E-state index < -0.39 is 6.10 Å². The first-order valence-corrected chi connectivity index (χ1v) is 10.6. The Morgan fingerprint density at radius 1 is 0.633 bits per heavy atom.